The van der Waals surface area contributed by atoms with Gasteiger partial charge in [-0.1, -0.05) is 19.1 Å². The van der Waals surface area contributed by atoms with Crippen LogP contribution in [-0.2, 0) is 30.8 Å². The topological polar surface area (TPSA) is 198 Å². The first-order valence-electron chi connectivity index (χ1n) is 15.3. The number of carbonyl (C=O) groups is 2. The molecule has 0 unspecified atom stereocenters. The number of amides is 1. The van der Waals surface area contributed by atoms with E-state index in [4.69, 9.17) is 19.8 Å². The summed E-state index contributed by atoms with van der Waals surface area (Å²) in [6, 6.07) is 4.26. The van der Waals surface area contributed by atoms with Crippen LogP contribution in [0.3, 0.4) is 0 Å². The maximum atomic E-state index is 13.3. The minimum Gasteiger partial charge on any atom is -0.451 e. The number of likely N-dealkylation sites (N-methyl/N-ethyl adjacent to an activating group) is 1. The Hall–Kier alpha value is -4.07. The lowest BCUT2D eigenvalue weighted by Gasteiger charge is -2.25. The molecule has 1 amide bonds. The summed E-state index contributed by atoms with van der Waals surface area (Å²) in [6.07, 6.45) is -6.00. The molecule has 15 nitrogen and oxygen atoms in total. The number of anilines is 2. The Morgan fingerprint density at radius 1 is 1.19 bits per heavy atom. The number of hydrogen-bond donors (Lipinski definition) is 4. The molecule has 1 saturated carbocycles. The fraction of sp³-hybridized carbons (Fsp3) is 0.552. The van der Waals surface area contributed by atoms with Gasteiger partial charge in [-0.25, -0.2) is 23.3 Å². The van der Waals surface area contributed by atoms with Gasteiger partial charge in [0, 0.05) is 32.1 Å². The Kier molecular flexibility index (Phi) is 10.1. The second kappa shape index (κ2) is 13.8. The molecule has 5 atom stereocenters. The fourth-order valence-corrected chi connectivity index (χ4v) is 6.50. The first-order valence-corrected chi connectivity index (χ1v) is 16.9. The van der Waals surface area contributed by atoms with Gasteiger partial charge in [0.2, 0.25) is 21.9 Å². The molecule has 1 aliphatic carbocycles. The van der Waals surface area contributed by atoms with Gasteiger partial charge in [0.15, 0.2) is 23.1 Å². The van der Waals surface area contributed by atoms with Crippen LogP contribution in [0, 0.1) is 0 Å². The summed E-state index contributed by atoms with van der Waals surface area (Å²) in [5.74, 6) is -2.23. The molecule has 5 rings (SSSR count). The Morgan fingerprint density at radius 3 is 2.50 bits per heavy atom. The molecule has 2 fully saturated rings. The third-order valence-electron chi connectivity index (χ3n) is 8.67. The fourth-order valence-electron chi connectivity index (χ4n) is 5.98. The van der Waals surface area contributed by atoms with Crippen LogP contribution in [0.1, 0.15) is 37.8 Å². The van der Waals surface area contributed by atoms with Crippen LogP contribution >= 0.6 is 0 Å². The van der Waals surface area contributed by atoms with Crippen molar-refractivity contribution in [3.05, 3.63) is 36.2 Å². The summed E-state index contributed by atoms with van der Waals surface area (Å²) in [4.78, 5) is 42.2. The molecular formula is C29H38F3N9O6S. The van der Waals surface area contributed by atoms with Crippen LogP contribution in [-0.4, -0.2) is 114 Å². The Labute approximate surface area is 274 Å². The number of nitrogens with two attached hydrogens (primary N) is 1. The second-order valence-electron chi connectivity index (χ2n) is 12.1. The maximum absolute atomic E-state index is 13.3. The van der Waals surface area contributed by atoms with E-state index in [1.165, 1.54) is 23.0 Å². The van der Waals surface area contributed by atoms with Gasteiger partial charge in [0.25, 0.3) is 0 Å². The summed E-state index contributed by atoms with van der Waals surface area (Å²) < 4.78 is 69.3. The van der Waals surface area contributed by atoms with Gasteiger partial charge >= 0.3 is 12.1 Å². The minimum absolute atomic E-state index is 0.0127. The van der Waals surface area contributed by atoms with Crippen molar-refractivity contribution in [3.8, 4) is 0 Å². The van der Waals surface area contributed by atoms with Crippen LogP contribution in [0.25, 0.3) is 11.2 Å². The molecule has 0 spiro atoms. The third-order valence-corrected chi connectivity index (χ3v) is 9.60. The van der Waals surface area contributed by atoms with E-state index in [-0.39, 0.29) is 34.9 Å². The Morgan fingerprint density at radius 2 is 1.90 bits per heavy atom. The molecule has 1 aliphatic heterocycles. The van der Waals surface area contributed by atoms with Gasteiger partial charge < -0.3 is 34.8 Å². The zero-order valence-electron chi connectivity index (χ0n) is 26.5. The van der Waals surface area contributed by atoms with E-state index in [0.717, 1.165) is 12.0 Å². The number of alkyl halides is 3. The summed E-state index contributed by atoms with van der Waals surface area (Å²) >= 11 is 0. The highest BCUT2D eigenvalue weighted by Crippen LogP contribution is 2.38. The van der Waals surface area contributed by atoms with Crippen LogP contribution in [0.4, 0.5) is 24.9 Å². The smallest absolute Gasteiger partial charge is 0.451 e. The lowest BCUT2D eigenvalue weighted by molar-refractivity contribution is -0.209. The van der Waals surface area contributed by atoms with Gasteiger partial charge in [-0.3, -0.25) is 4.79 Å². The highest BCUT2D eigenvalue weighted by molar-refractivity contribution is 7.89. The first kappa shape index (κ1) is 35.2. The summed E-state index contributed by atoms with van der Waals surface area (Å²) in [7, 11) is 0.102. The zero-order valence-corrected chi connectivity index (χ0v) is 27.3. The number of aliphatic hydroxyl groups is 1. The number of nitrogens with zero attached hydrogens (tertiary/aromatic N) is 6. The molecule has 19 heteroatoms. The molecule has 2 aromatic heterocycles. The first-order chi connectivity index (χ1) is 22.6. The van der Waals surface area contributed by atoms with Crippen LogP contribution in [0.5, 0.6) is 0 Å². The van der Waals surface area contributed by atoms with Gasteiger partial charge in [-0.2, -0.15) is 23.1 Å². The van der Waals surface area contributed by atoms with Gasteiger partial charge in [-0.15, -0.1) is 0 Å². The highest BCUT2D eigenvalue weighted by atomic mass is 32.2. The quantitative estimate of drug-likeness (QED) is 0.207. The van der Waals surface area contributed by atoms with E-state index in [1.807, 2.05) is 19.0 Å². The highest BCUT2D eigenvalue weighted by Gasteiger charge is 2.51. The van der Waals surface area contributed by atoms with E-state index in [1.54, 1.807) is 19.1 Å². The Bertz CT molecular complexity index is 1750. The number of hydrogen-bond acceptors (Lipinski definition) is 12. The maximum Gasteiger partial charge on any atom is 0.490 e. The number of primary sulfonamides is 1. The SMILES string of the molecule is CCC(=O)N[C@H]1C[C@@H](n2cnc3c(NCCc4ccc(S(N)(=O)=O)cc4)nc(N4CC[C@@H](N(C)C)C4)nc32)[C@H](OC(=O)C(F)(F)F)[C@@H]1O. The number of benzene rings is 1. The van der Waals surface area contributed by atoms with Crippen LogP contribution in [0.2, 0.25) is 0 Å². The summed E-state index contributed by atoms with van der Waals surface area (Å²) in [6.45, 7) is 3.18. The number of rotatable bonds is 11. The summed E-state index contributed by atoms with van der Waals surface area (Å²) in [5.41, 5.74) is 1.32. The molecule has 5 N–H and O–H groups in total. The van der Waals surface area contributed by atoms with Gasteiger partial charge in [-0.05, 0) is 51.1 Å². The molecule has 262 valence electrons. The van der Waals surface area contributed by atoms with Crippen molar-refractivity contribution in [3.63, 3.8) is 0 Å². The molecule has 0 radical (unpaired) electrons. The zero-order chi connectivity index (χ0) is 35.0. The number of imidazole rings is 1. The number of carbonyl (C=O) groups excluding carboxylic acids is 2. The van der Waals surface area contributed by atoms with E-state index in [9.17, 15) is 36.3 Å². The number of halogens is 3. The number of nitrogens with one attached hydrogen (secondary N) is 2. The summed E-state index contributed by atoms with van der Waals surface area (Å²) in [5, 5.41) is 22.1. The molecule has 1 aromatic carbocycles. The lowest BCUT2D eigenvalue weighted by Crippen LogP contribution is -2.45. The average molecular weight is 698 g/mol. The molecule has 3 aromatic rings. The number of sulfonamides is 1. The second-order valence-corrected chi connectivity index (χ2v) is 13.7. The van der Waals surface area contributed by atoms with Crippen molar-refractivity contribution in [2.24, 2.45) is 5.14 Å². The molecule has 2 aliphatic rings. The number of esters is 1. The van der Waals surface area contributed by atoms with Crippen LogP contribution in [0.15, 0.2) is 35.5 Å². The number of aromatic nitrogens is 4. The van der Waals surface area contributed by atoms with Crippen molar-refractivity contribution in [2.45, 2.75) is 74.0 Å². The normalized spacial score (nSPS) is 23.2. The van der Waals surface area contributed by atoms with Crippen molar-refractivity contribution in [1.29, 1.82) is 0 Å². The molecule has 3 heterocycles. The largest absolute Gasteiger partial charge is 0.490 e. The Balaban J connectivity index is 1.49. The predicted octanol–water partition coefficient (Wildman–Crippen LogP) is 0.943. The lowest BCUT2D eigenvalue weighted by atomic mass is 10.1. The van der Waals surface area contributed by atoms with Gasteiger partial charge in [0.1, 0.15) is 6.10 Å². The molecular weight excluding hydrogens is 659 g/mol. The van der Waals surface area contributed by atoms with E-state index in [2.05, 4.69) is 20.5 Å². The number of aliphatic hydroxyl groups excluding tert-OH is 1. The van der Waals surface area contributed by atoms with Crippen molar-refractivity contribution >= 4 is 44.8 Å². The monoisotopic (exact) mass is 697 g/mol. The number of fused-ring (bicyclic) bond motifs is 1. The number of ether oxygens (including phenoxy) is 1. The van der Waals surface area contributed by atoms with E-state index in [0.29, 0.717) is 37.8 Å². The van der Waals surface area contributed by atoms with Crippen molar-refractivity contribution < 1.29 is 41.0 Å². The molecule has 0 bridgehead atoms. The van der Waals surface area contributed by atoms with Crippen LogP contribution < -0.4 is 20.7 Å². The third kappa shape index (κ3) is 7.63. The van der Waals surface area contributed by atoms with Crippen molar-refractivity contribution in [1.82, 2.24) is 29.7 Å². The van der Waals surface area contributed by atoms with E-state index >= 15 is 0 Å². The predicted molar refractivity (Wildman–Crippen MR) is 167 cm³/mol. The molecule has 48 heavy (non-hydrogen) atoms. The standard InChI is InChI=1S/C29H38F3N9O6S/c1-4-21(42)36-19-13-20(24(23(19)43)47-27(44)29(30,31)32)41-15-35-22-25(34-11-9-16-5-7-18(8-6-16)48(33,45)46)37-28(38-26(22)41)40-12-10-17(14-40)39(2)3/h5-8,15,17,19-20,23-24,43H,4,9-14H2,1-3H3,(H,36,42)(H2,33,45,46)(H,34,37,38)/t17-,19+,20-,23-,24+/m1/s1. The van der Waals surface area contributed by atoms with Gasteiger partial charge in [0.05, 0.1) is 23.3 Å². The average Bonchev–Trinajstić information content (AvgIpc) is 3.75. The van der Waals surface area contributed by atoms with Crippen molar-refractivity contribution in [2.75, 3.05) is 43.9 Å². The van der Waals surface area contributed by atoms with E-state index < -0.39 is 52.4 Å². The minimum atomic E-state index is -5.31. The molecule has 1 saturated heterocycles.